The summed E-state index contributed by atoms with van der Waals surface area (Å²) >= 11 is 0. The number of halogens is 2. The summed E-state index contributed by atoms with van der Waals surface area (Å²) in [5.41, 5.74) is 1.43. The molecule has 0 aliphatic carbocycles. The fourth-order valence-corrected chi connectivity index (χ4v) is 2.07. The van der Waals surface area contributed by atoms with Gasteiger partial charge in [-0.25, -0.2) is 0 Å². The molecule has 0 heterocycles. The van der Waals surface area contributed by atoms with Gasteiger partial charge in [-0.3, -0.25) is 4.79 Å². The highest BCUT2D eigenvalue weighted by molar-refractivity contribution is 5.94. The lowest BCUT2D eigenvalue weighted by molar-refractivity contribution is -0.0512. The number of hydrogen-bond donors (Lipinski definition) is 1. The number of hydrogen-bond acceptors (Lipinski definition) is 3. The van der Waals surface area contributed by atoms with E-state index >= 15 is 0 Å². The fraction of sp³-hybridized carbons (Fsp3) is 0.235. The van der Waals surface area contributed by atoms with Gasteiger partial charge in [0.15, 0.2) is 11.5 Å². The van der Waals surface area contributed by atoms with Crippen LogP contribution in [0.3, 0.4) is 0 Å². The molecule has 2 aromatic rings. The topological polar surface area (TPSA) is 47.6 Å². The van der Waals surface area contributed by atoms with Crippen molar-refractivity contribution >= 4 is 5.91 Å². The zero-order valence-electron chi connectivity index (χ0n) is 12.6. The number of benzene rings is 2. The molecule has 1 amide bonds. The second kappa shape index (κ2) is 8.12. The minimum absolute atomic E-state index is 0.0843. The molecule has 0 aliphatic rings. The van der Waals surface area contributed by atoms with Crippen LogP contribution in [0.4, 0.5) is 8.78 Å². The van der Waals surface area contributed by atoms with Gasteiger partial charge in [0.1, 0.15) is 0 Å². The van der Waals surface area contributed by atoms with Gasteiger partial charge in [0.05, 0.1) is 7.11 Å². The van der Waals surface area contributed by atoms with E-state index < -0.39 is 6.61 Å². The predicted molar refractivity (Wildman–Crippen MR) is 82.1 cm³/mol. The molecule has 6 heteroatoms. The first kappa shape index (κ1) is 16.7. The number of alkyl halides is 2. The Kier molecular flexibility index (Phi) is 5.91. The molecule has 0 saturated heterocycles. The van der Waals surface area contributed by atoms with Gasteiger partial charge in [0.25, 0.3) is 5.91 Å². The van der Waals surface area contributed by atoms with Crippen molar-refractivity contribution in [2.45, 2.75) is 13.0 Å². The molecule has 4 nitrogen and oxygen atoms in total. The highest BCUT2D eigenvalue weighted by Gasteiger charge is 2.13. The first-order chi connectivity index (χ1) is 11.1. The van der Waals surface area contributed by atoms with Crippen LogP contribution in [0, 0.1) is 0 Å². The Balaban J connectivity index is 1.96. The van der Waals surface area contributed by atoms with E-state index in [9.17, 15) is 13.6 Å². The monoisotopic (exact) mass is 321 g/mol. The van der Waals surface area contributed by atoms with Crippen LogP contribution in [0.15, 0.2) is 48.5 Å². The maximum atomic E-state index is 12.3. The SMILES string of the molecule is COc1cc(C(=O)NCCc2ccccc2)ccc1OC(F)F. The van der Waals surface area contributed by atoms with Crippen molar-refractivity contribution in [3.63, 3.8) is 0 Å². The van der Waals surface area contributed by atoms with E-state index in [1.54, 1.807) is 0 Å². The molecule has 0 unspecified atom stereocenters. The summed E-state index contributed by atoms with van der Waals surface area (Å²) in [5, 5.41) is 2.78. The first-order valence-corrected chi connectivity index (χ1v) is 7.05. The van der Waals surface area contributed by atoms with Crippen molar-refractivity contribution in [2.75, 3.05) is 13.7 Å². The zero-order chi connectivity index (χ0) is 16.7. The highest BCUT2D eigenvalue weighted by Crippen LogP contribution is 2.29. The van der Waals surface area contributed by atoms with E-state index in [0.717, 1.165) is 5.56 Å². The van der Waals surface area contributed by atoms with Crippen LogP contribution in [-0.4, -0.2) is 26.2 Å². The van der Waals surface area contributed by atoms with Gasteiger partial charge in [-0.05, 0) is 30.2 Å². The van der Waals surface area contributed by atoms with Gasteiger partial charge in [-0.2, -0.15) is 8.78 Å². The maximum Gasteiger partial charge on any atom is 0.387 e. The molecule has 0 saturated carbocycles. The third-order valence-corrected chi connectivity index (χ3v) is 3.18. The predicted octanol–water partition coefficient (Wildman–Crippen LogP) is 3.27. The van der Waals surface area contributed by atoms with Crippen LogP contribution in [-0.2, 0) is 6.42 Å². The van der Waals surface area contributed by atoms with Crippen LogP contribution in [0.1, 0.15) is 15.9 Å². The number of nitrogens with one attached hydrogen (secondary N) is 1. The summed E-state index contributed by atoms with van der Waals surface area (Å²) in [6.07, 6.45) is 0.705. The molecule has 122 valence electrons. The van der Waals surface area contributed by atoms with Gasteiger partial charge in [0, 0.05) is 12.1 Å². The lowest BCUT2D eigenvalue weighted by Crippen LogP contribution is -2.25. The average molecular weight is 321 g/mol. The lowest BCUT2D eigenvalue weighted by Gasteiger charge is -2.11. The van der Waals surface area contributed by atoms with Gasteiger partial charge in [0.2, 0.25) is 0 Å². The van der Waals surface area contributed by atoms with Gasteiger partial charge < -0.3 is 14.8 Å². The minimum Gasteiger partial charge on any atom is -0.493 e. The highest BCUT2D eigenvalue weighted by atomic mass is 19.3. The number of carbonyl (C=O) groups is 1. The first-order valence-electron chi connectivity index (χ1n) is 7.05. The second-order valence-corrected chi connectivity index (χ2v) is 4.74. The summed E-state index contributed by atoms with van der Waals surface area (Å²) < 4.78 is 33.8. The van der Waals surface area contributed by atoms with Crippen LogP contribution in [0.25, 0.3) is 0 Å². The van der Waals surface area contributed by atoms with Crippen LogP contribution >= 0.6 is 0 Å². The quantitative estimate of drug-likeness (QED) is 0.851. The van der Waals surface area contributed by atoms with Crippen molar-refractivity contribution in [3.8, 4) is 11.5 Å². The van der Waals surface area contributed by atoms with Crippen molar-refractivity contribution in [3.05, 3.63) is 59.7 Å². The summed E-state index contributed by atoms with van der Waals surface area (Å²) in [6.45, 7) is -2.48. The Bertz CT molecular complexity index is 648. The fourth-order valence-electron chi connectivity index (χ4n) is 2.07. The Morgan fingerprint density at radius 1 is 1.13 bits per heavy atom. The van der Waals surface area contributed by atoms with Crippen LogP contribution < -0.4 is 14.8 Å². The second-order valence-electron chi connectivity index (χ2n) is 4.74. The number of rotatable bonds is 7. The van der Waals surface area contributed by atoms with E-state index in [-0.39, 0.29) is 17.4 Å². The largest absolute Gasteiger partial charge is 0.493 e. The number of amides is 1. The van der Waals surface area contributed by atoms with Crippen molar-refractivity contribution in [1.82, 2.24) is 5.32 Å². The zero-order valence-corrected chi connectivity index (χ0v) is 12.6. The molecule has 0 bridgehead atoms. The van der Waals surface area contributed by atoms with Crippen LogP contribution in [0.5, 0.6) is 11.5 Å². The van der Waals surface area contributed by atoms with Crippen LogP contribution in [0.2, 0.25) is 0 Å². The van der Waals surface area contributed by atoms with Gasteiger partial charge in [-0.15, -0.1) is 0 Å². The van der Waals surface area contributed by atoms with Gasteiger partial charge in [-0.1, -0.05) is 30.3 Å². The normalized spacial score (nSPS) is 10.4. The van der Waals surface area contributed by atoms with Crippen molar-refractivity contribution in [2.24, 2.45) is 0 Å². The van der Waals surface area contributed by atoms with Crippen molar-refractivity contribution in [1.29, 1.82) is 0 Å². The molecule has 0 aliphatic heterocycles. The molecule has 1 N–H and O–H groups in total. The summed E-state index contributed by atoms with van der Waals surface area (Å²) in [6, 6.07) is 13.8. The number of ether oxygens (including phenoxy) is 2. The standard InChI is InChI=1S/C17H17F2NO3/c1-22-15-11-13(7-8-14(15)23-17(18)19)16(21)20-10-9-12-5-3-2-4-6-12/h2-8,11,17H,9-10H2,1H3,(H,20,21). The van der Waals surface area contributed by atoms with E-state index in [1.165, 1.54) is 25.3 Å². The molecule has 0 radical (unpaired) electrons. The minimum atomic E-state index is -2.95. The molecule has 23 heavy (non-hydrogen) atoms. The third kappa shape index (κ3) is 4.95. The Morgan fingerprint density at radius 3 is 2.52 bits per heavy atom. The Labute approximate surface area is 133 Å². The molecule has 0 aromatic heterocycles. The summed E-state index contributed by atoms with van der Waals surface area (Å²) in [5.74, 6) is -0.327. The number of methoxy groups -OCH3 is 1. The lowest BCUT2D eigenvalue weighted by atomic mass is 10.1. The molecule has 0 fully saturated rings. The Morgan fingerprint density at radius 2 is 1.87 bits per heavy atom. The van der Waals surface area contributed by atoms with E-state index in [2.05, 4.69) is 10.1 Å². The van der Waals surface area contributed by atoms with Crippen molar-refractivity contribution < 1.29 is 23.0 Å². The smallest absolute Gasteiger partial charge is 0.387 e. The third-order valence-electron chi connectivity index (χ3n) is 3.18. The van der Waals surface area contributed by atoms with E-state index in [0.29, 0.717) is 18.5 Å². The molecule has 0 atom stereocenters. The molecule has 2 rings (SSSR count). The molecular formula is C17H17F2NO3. The molecular weight excluding hydrogens is 304 g/mol. The maximum absolute atomic E-state index is 12.3. The van der Waals surface area contributed by atoms with E-state index in [4.69, 9.17) is 4.74 Å². The Hall–Kier alpha value is -2.63. The van der Waals surface area contributed by atoms with Gasteiger partial charge >= 0.3 is 6.61 Å². The summed E-state index contributed by atoms with van der Waals surface area (Å²) in [7, 11) is 1.32. The number of carbonyl (C=O) groups excluding carboxylic acids is 1. The molecule has 2 aromatic carbocycles. The average Bonchev–Trinajstić information content (AvgIpc) is 2.55. The molecule has 0 spiro atoms. The summed E-state index contributed by atoms with van der Waals surface area (Å²) in [4.78, 5) is 12.1. The van der Waals surface area contributed by atoms with E-state index in [1.807, 2.05) is 30.3 Å².